The summed E-state index contributed by atoms with van der Waals surface area (Å²) in [7, 11) is 0. The lowest BCUT2D eigenvalue weighted by atomic mass is 9.97. The van der Waals surface area contributed by atoms with Gasteiger partial charge >= 0.3 is 5.97 Å². The molecular formula is C12H18N2O2S. The van der Waals surface area contributed by atoms with E-state index in [2.05, 4.69) is 10.3 Å². The van der Waals surface area contributed by atoms with Gasteiger partial charge in [0.25, 0.3) is 0 Å². The smallest absolute Gasteiger partial charge is 0.347 e. The van der Waals surface area contributed by atoms with E-state index in [1.807, 2.05) is 0 Å². The first-order valence-corrected chi connectivity index (χ1v) is 7.03. The first-order valence-electron chi connectivity index (χ1n) is 6.21. The van der Waals surface area contributed by atoms with Crippen molar-refractivity contribution in [2.75, 3.05) is 5.32 Å². The van der Waals surface area contributed by atoms with Crippen molar-refractivity contribution in [3.63, 3.8) is 0 Å². The van der Waals surface area contributed by atoms with Crippen LogP contribution in [0.4, 0.5) is 5.13 Å². The topological polar surface area (TPSA) is 62.2 Å². The third kappa shape index (κ3) is 3.70. The zero-order chi connectivity index (χ0) is 12.1. The molecule has 5 heteroatoms. The van der Waals surface area contributed by atoms with E-state index in [1.54, 1.807) is 0 Å². The second kappa shape index (κ2) is 6.00. The van der Waals surface area contributed by atoms with Crippen LogP contribution in [-0.2, 0) is 0 Å². The van der Waals surface area contributed by atoms with E-state index in [4.69, 9.17) is 5.11 Å². The maximum Gasteiger partial charge on any atom is 0.347 e. The second-order valence-corrected chi connectivity index (χ2v) is 5.55. The normalized spacial score (nSPS) is 18.4. The van der Waals surface area contributed by atoms with Gasteiger partial charge in [-0.15, -0.1) is 0 Å². The minimum Gasteiger partial charge on any atom is -0.477 e. The zero-order valence-electron chi connectivity index (χ0n) is 9.82. The number of hydrogen-bond acceptors (Lipinski definition) is 4. The van der Waals surface area contributed by atoms with Gasteiger partial charge in [-0.1, -0.05) is 43.4 Å². The molecule has 1 aromatic rings. The molecule has 0 spiro atoms. The third-order valence-electron chi connectivity index (χ3n) is 3.15. The van der Waals surface area contributed by atoms with Gasteiger partial charge in [-0.3, -0.25) is 0 Å². The van der Waals surface area contributed by atoms with Crippen LogP contribution in [0.5, 0.6) is 0 Å². The molecule has 0 bridgehead atoms. The van der Waals surface area contributed by atoms with Crippen molar-refractivity contribution in [1.82, 2.24) is 4.98 Å². The number of nitrogens with zero attached hydrogens (tertiary/aromatic N) is 1. The molecule has 1 fully saturated rings. The highest BCUT2D eigenvalue weighted by Crippen LogP contribution is 2.23. The molecule has 0 radical (unpaired) electrons. The van der Waals surface area contributed by atoms with Gasteiger partial charge in [0.1, 0.15) is 4.88 Å². The predicted octanol–water partition coefficient (Wildman–Crippen LogP) is 3.37. The number of aromatic carboxylic acids is 1. The summed E-state index contributed by atoms with van der Waals surface area (Å²) in [6, 6.07) is 0.461. The molecule has 17 heavy (non-hydrogen) atoms. The van der Waals surface area contributed by atoms with Crippen molar-refractivity contribution in [2.45, 2.75) is 51.0 Å². The summed E-state index contributed by atoms with van der Waals surface area (Å²) in [6.45, 7) is 0. The number of carboxylic acid groups (broad SMARTS) is 1. The number of nitrogens with one attached hydrogen (secondary N) is 1. The summed E-state index contributed by atoms with van der Waals surface area (Å²) in [5.74, 6) is -0.895. The molecule has 1 saturated carbocycles. The number of carboxylic acids is 1. The van der Waals surface area contributed by atoms with Gasteiger partial charge in [-0.25, -0.2) is 9.78 Å². The van der Waals surface area contributed by atoms with E-state index in [9.17, 15) is 4.79 Å². The van der Waals surface area contributed by atoms with Gasteiger partial charge in [-0.05, 0) is 12.8 Å². The molecule has 1 heterocycles. The molecule has 94 valence electrons. The maximum atomic E-state index is 10.7. The Balaban J connectivity index is 1.91. The first-order chi connectivity index (χ1) is 8.25. The van der Waals surface area contributed by atoms with Gasteiger partial charge in [0, 0.05) is 6.04 Å². The lowest BCUT2D eigenvalue weighted by Crippen LogP contribution is -2.20. The Kier molecular flexibility index (Phi) is 4.36. The number of aromatic nitrogens is 1. The lowest BCUT2D eigenvalue weighted by Gasteiger charge is -2.20. The minimum absolute atomic E-state index is 0.304. The predicted molar refractivity (Wildman–Crippen MR) is 68.8 cm³/mol. The number of rotatable bonds is 3. The lowest BCUT2D eigenvalue weighted by molar-refractivity contribution is 0.0702. The van der Waals surface area contributed by atoms with Gasteiger partial charge in [0.2, 0.25) is 0 Å². The zero-order valence-corrected chi connectivity index (χ0v) is 10.6. The van der Waals surface area contributed by atoms with Crippen molar-refractivity contribution in [2.24, 2.45) is 0 Å². The van der Waals surface area contributed by atoms with Crippen LogP contribution < -0.4 is 5.32 Å². The second-order valence-electron chi connectivity index (χ2n) is 4.52. The summed E-state index contributed by atoms with van der Waals surface area (Å²) in [5, 5.41) is 12.9. The third-order valence-corrected chi connectivity index (χ3v) is 4.07. The monoisotopic (exact) mass is 254 g/mol. The largest absolute Gasteiger partial charge is 0.477 e. The van der Waals surface area contributed by atoms with Crippen molar-refractivity contribution in [3.05, 3.63) is 11.1 Å². The molecule has 0 aliphatic heterocycles. The molecule has 0 aromatic carbocycles. The molecule has 0 amide bonds. The van der Waals surface area contributed by atoms with Crippen LogP contribution >= 0.6 is 11.3 Å². The minimum atomic E-state index is -0.895. The van der Waals surface area contributed by atoms with Gasteiger partial charge in [0.05, 0.1) is 6.20 Å². The molecule has 2 rings (SSSR count). The number of anilines is 1. The quantitative estimate of drug-likeness (QED) is 0.868. The molecule has 1 aliphatic rings. The Morgan fingerprint density at radius 3 is 2.53 bits per heavy atom. The van der Waals surface area contributed by atoms with Crippen molar-refractivity contribution in [1.29, 1.82) is 0 Å². The van der Waals surface area contributed by atoms with Crippen LogP contribution in [0.15, 0.2) is 6.20 Å². The fourth-order valence-corrected chi connectivity index (χ4v) is 2.95. The van der Waals surface area contributed by atoms with Gasteiger partial charge in [-0.2, -0.15) is 0 Å². The van der Waals surface area contributed by atoms with Crippen molar-refractivity contribution in [3.8, 4) is 0 Å². The summed E-state index contributed by atoms with van der Waals surface area (Å²) < 4.78 is 0. The van der Waals surface area contributed by atoms with E-state index in [0.717, 1.165) is 5.13 Å². The van der Waals surface area contributed by atoms with Crippen LogP contribution in [0.1, 0.15) is 54.6 Å². The molecule has 0 unspecified atom stereocenters. The van der Waals surface area contributed by atoms with Crippen LogP contribution in [-0.4, -0.2) is 22.1 Å². The fraction of sp³-hybridized carbons (Fsp3) is 0.667. The SMILES string of the molecule is O=C(O)c1cnc(NC2CCCCCCC2)s1. The Morgan fingerprint density at radius 2 is 1.94 bits per heavy atom. The van der Waals surface area contributed by atoms with E-state index in [0.29, 0.717) is 10.9 Å². The molecule has 2 N–H and O–H groups in total. The highest BCUT2D eigenvalue weighted by molar-refractivity contribution is 7.17. The Hall–Kier alpha value is -1.10. The van der Waals surface area contributed by atoms with E-state index in [1.165, 1.54) is 62.5 Å². The van der Waals surface area contributed by atoms with E-state index < -0.39 is 5.97 Å². The Morgan fingerprint density at radius 1 is 1.29 bits per heavy atom. The van der Waals surface area contributed by atoms with Crippen LogP contribution in [0.3, 0.4) is 0 Å². The average Bonchev–Trinajstić information content (AvgIpc) is 2.70. The van der Waals surface area contributed by atoms with Gasteiger partial charge < -0.3 is 10.4 Å². The summed E-state index contributed by atoms with van der Waals surface area (Å²) in [5.41, 5.74) is 0. The maximum absolute atomic E-state index is 10.7. The molecular weight excluding hydrogens is 236 g/mol. The number of thiazole rings is 1. The Bertz CT molecular complexity index is 370. The van der Waals surface area contributed by atoms with E-state index in [-0.39, 0.29) is 0 Å². The van der Waals surface area contributed by atoms with E-state index >= 15 is 0 Å². The molecule has 1 aliphatic carbocycles. The number of carbonyl (C=O) groups is 1. The van der Waals surface area contributed by atoms with Crippen molar-refractivity contribution >= 4 is 22.4 Å². The van der Waals surface area contributed by atoms with Crippen LogP contribution in [0.25, 0.3) is 0 Å². The molecule has 0 saturated heterocycles. The summed E-state index contributed by atoms with van der Waals surface area (Å²) in [4.78, 5) is 15.2. The highest BCUT2D eigenvalue weighted by atomic mass is 32.1. The summed E-state index contributed by atoms with van der Waals surface area (Å²) >= 11 is 1.22. The first kappa shape index (κ1) is 12.4. The average molecular weight is 254 g/mol. The molecule has 4 nitrogen and oxygen atoms in total. The number of hydrogen-bond donors (Lipinski definition) is 2. The highest BCUT2D eigenvalue weighted by Gasteiger charge is 2.14. The van der Waals surface area contributed by atoms with Gasteiger partial charge in [0.15, 0.2) is 5.13 Å². The Labute approximate surface area is 105 Å². The standard InChI is InChI=1S/C12H18N2O2S/c15-11(16)10-8-13-12(17-10)14-9-6-4-2-1-3-5-7-9/h8-9H,1-7H2,(H,13,14)(H,15,16). The van der Waals surface area contributed by atoms with Crippen molar-refractivity contribution < 1.29 is 9.90 Å². The molecule has 1 aromatic heterocycles. The fourth-order valence-electron chi connectivity index (χ4n) is 2.21. The van der Waals surface area contributed by atoms with Crippen LogP contribution in [0.2, 0.25) is 0 Å². The molecule has 0 atom stereocenters. The van der Waals surface area contributed by atoms with Crippen LogP contribution in [0, 0.1) is 0 Å². The summed E-state index contributed by atoms with van der Waals surface area (Å²) in [6.07, 6.45) is 10.3.